The molecule has 444 valence electrons. The Labute approximate surface area is 545 Å². The van der Waals surface area contributed by atoms with Crippen molar-refractivity contribution in [3.05, 3.63) is 306 Å². The zero-order valence-corrected chi connectivity index (χ0v) is 53.2. The molecule has 0 bridgehead atoms. The number of hydrogen-bond acceptors (Lipinski definition) is 2. The van der Waals surface area contributed by atoms with Gasteiger partial charge in [-0.1, -0.05) is 236 Å². The van der Waals surface area contributed by atoms with Crippen molar-refractivity contribution >= 4 is 76.3 Å². The van der Waals surface area contributed by atoms with Crippen LogP contribution in [-0.4, -0.2) is 23.7 Å². The summed E-state index contributed by atoms with van der Waals surface area (Å²) < 4.78 is 7.49. The molecule has 20 rings (SSSR count). The van der Waals surface area contributed by atoms with E-state index in [4.69, 9.17) is 9.97 Å². The van der Waals surface area contributed by atoms with Crippen molar-refractivity contribution in [1.29, 1.82) is 0 Å². The van der Waals surface area contributed by atoms with Gasteiger partial charge >= 0.3 is 0 Å². The molecule has 3 aliphatic rings. The van der Waals surface area contributed by atoms with Crippen LogP contribution in [0, 0.1) is 0 Å². The molecule has 4 aromatic heterocycles. The summed E-state index contributed by atoms with van der Waals surface area (Å²) in [6.07, 6.45) is 0. The predicted octanol–water partition coefficient (Wildman–Crippen LogP) is 22.8. The molecule has 0 radical (unpaired) electrons. The van der Waals surface area contributed by atoms with Crippen LogP contribution in [0.25, 0.3) is 161 Å². The van der Waals surface area contributed by atoms with Gasteiger partial charge < -0.3 is 13.7 Å². The van der Waals surface area contributed by atoms with Gasteiger partial charge in [0.15, 0.2) is 5.82 Å². The van der Waals surface area contributed by atoms with Crippen molar-refractivity contribution in [1.82, 2.24) is 23.7 Å². The fraction of sp³-hybridized carbons (Fsp3) is 0.101. The summed E-state index contributed by atoms with van der Waals surface area (Å²) in [5.41, 5.74) is 32.2. The predicted molar refractivity (Wildman–Crippen MR) is 392 cm³/mol. The first-order chi connectivity index (χ1) is 45.9. The van der Waals surface area contributed by atoms with E-state index in [9.17, 15) is 0 Å². The molecule has 0 spiro atoms. The van der Waals surface area contributed by atoms with E-state index in [1.54, 1.807) is 0 Å². The number of nitrogens with zero attached hydrogens (tertiary/aromatic N) is 5. The summed E-state index contributed by atoms with van der Waals surface area (Å²) in [7, 11) is 0. The molecule has 0 unspecified atom stereocenters. The van der Waals surface area contributed by atoms with Crippen LogP contribution < -0.4 is 0 Å². The minimum Gasteiger partial charge on any atom is -0.309 e. The Balaban J connectivity index is 0.764. The second kappa shape index (κ2) is 18.9. The Morgan fingerprint density at radius 3 is 1.11 bits per heavy atom. The van der Waals surface area contributed by atoms with Crippen molar-refractivity contribution in [2.24, 2.45) is 0 Å². The van der Waals surface area contributed by atoms with E-state index in [0.29, 0.717) is 5.82 Å². The maximum absolute atomic E-state index is 5.74. The Morgan fingerprint density at radius 1 is 0.255 bits per heavy atom. The van der Waals surface area contributed by atoms with E-state index in [0.717, 1.165) is 55.9 Å². The zero-order valence-electron chi connectivity index (χ0n) is 53.2. The third-order valence-corrected chi connectivity index (χ3v) is 22.1. The molecule has 0 amide bonds. The van der Waals surface area contributed by atoms with Crippen LogP contribution in [0.4, 0.5) is 0 Å². The lowest BCUT2D eigenvalue weighted by molar-refractivity contribution is 0.660. The summed E-state index contributed by atoms with van der Waals surface area (Å²) in [5, 5.41) is 8.49. The Hall–Kier alpha value is -11.4. The molecule has 0 saturated carbocycles. The second-order valence-electron chi connectivity index (χ2n) is 28.0. The number of fused-ring (bicyclic) bond motifs is 22. The minimum absolute atomic E-state index is 0.118. The summed E-state index contributed by atoms with van der Waals surface area (Å²) in [6.45, 7) is 14.2. The first kappa shape index (κ1) is 53.3. The van der Waals surface area contributed by atoms with Crippen LogP contribution >= 0.6 is 0 Å². The van der Waals surface area contributed by atoms with Gasteiger partial charge in [0, 0.05) is 98.8 Å². The summed E-state index contributed by atoms with van der Waals surface area (Å²) in [4.78, 5) is 11.2. The molecule has 17 aromatic rings. The molecule has 0 atom stereocenters. The number of aromatic nitrogens is 5. The highest BCUT2D eigenvalue weighted by molar-refractivity contribution is 6.18. The highest BCUT2D eigenvalue weighted by Gasteiger charge is 2.41. The summed E-state index contributed by atoms with van der Waals surface area (Å²) in [6, 6.07) is 102. The molecule has 0 fully saturated rings. The average molecular weight is 1200 g/mol. The Kier molecular flexibility index (Phi) is 10.7. The molecular formula is C89H63N5. The molecule has 5 heteroatoms. The van der Waals surface area contributed by atoms with Gasteiger partial charge in [-0.05, 0) is 140 Å². The molecule has 4 heterocycles. The van der Waals surface area contributed by atoms with Gasteiger partial charge in [-0.25, -0.2) is 9.97 Å². The Bertz CT molecular complexity index is 6180. The first-order valence-electron chi connectivity index (χ1n) is 33.1. The van der Waals surface area contributed by atoms with E-state index >= 15 is 0 Å². The van der Waals surface area contributed by atoms with Crippen LogP contribution in [0.15, 0.2) is 273 Å². The average Bonchev–Trinajstić information content (AvgIpc) is 1.56. The largest absolute Gasteiger partial charge is 0.309 e. The van der Waals surface area contributed by atoms with Crippen molar-refractivity contribution in [2.75, 3.05) is 0 Å². The Morgan fingerprint density at radius 2 is 0.649 bits per heavy atom. The van der Waals surface area contributed by atoms with Crippen LogP contribution in [0.2, 0.25) is 0 Å². The van der Waals surface area contributed by atoms with Crippen LogP contribution in [0.3, 0.4) is 0 Å². The number of hydrogen-bond donors (Lipinski definition) is 0. The van der Waals surface area contributed by atoms with Crippen LogP contribution in [0.1, 0.15) is 74.9 Å². The van der Waals surface area contributed by atoms with Crippen LogP contribution in [-0.2, 0) is 16.2 Å². The minimum atomic E-state index is -0.155. The van der Waals surface area contributed by atoms with Crippen molar-refractivity contribution in [2.45, 2.75) is 57.8 Å². The highest BCUT2D eigenvalue weighted by atomic mass is 15.0. The van der Waals surface area contributed by atoms with E-state index in [1.165, 1.54) is 132 Å². The van der Waals surface area contributed by atoms with Gasteiger partial charge in [0.05, 0.1) is 44.3 Å². The number of para-hydroxylation sites is 3. The molecule has 13 aromatic carbocycles. The quantitative estimate of drug-likeness (QED) is 0.166. The van der Waals surface area contributed by atoms with Gasteiger partial charge in [0.1, 0.15) is 0 Å². The molecule has 94 heavy (non-hydrogen) atoms. The monoisotopic (exact) mass is 1200 g/mol. The lowest BCUT2D eigenvalue weighted by Gasteiger charge is -2.21. The van der Waals surface area contributed by atoms with Crippen LogP contribution in [0.5, 0.6) is 0 Å². The fourth-order valence-corrected chi connectivity index (χ4v) is 17.5. The topological polar surface area (TPSA) is 40.6 Å². The normalized spacial score (nSPS) is 14.5. The van der Waals surface area contributed by atoms with Crippen molar-refractivity contribution in [3.8, 4) is 84.2 Å². The van der Waals surface area contributed by atoms with E-state index in [-0.39, 0.29) is 16.2 Å². The number of benzene rings is 13. The van der Waals surface area contributed by atoms with Gasteiger partial charge in [-0.15, -0.1) is 0 Å². The van der Waals surface area contributed by atoms with Crippen molar-refractivity contribution < 1.29 is 0 Å². The number of rotatable bonds is 6. The molecule has 5 nitrogen and oxygen atoms in total. The molecule has 0 N–H and O–H groups in total. The lowest BCUT2D eigenvalue weighted by Crippen LogP contribution is -2.14. The first-order valence-corrected chi connectivity index (χ1v) is 33.1. The maximum Gasteiger partial charge on any atom is 0.160 e. The zero-order chi connectivity index (χ0) is 62.7. The summed E-state index contributed by atoms with van der Waals surface area (Å²) in [5.74, 6) is 0.674. The lowest BCUT2D eigenvalue weighted by atomic mass is 9.82. The second-order valence-corrected chi connectivity index (χ2v) is 28.0. The standard InChI is InChI=1S/C89H63N5/c1-87(2)69-28-13-7-25-65(69)79-72(87)46-43-62-59-22-10-16-31-76(59)92(83(62)79)56-39-34-52(35-40-56)54-38-49-75-68(51-54)82(55-20-19-21-58(50-55)94-78-33-18-12-24-61(78)64-45-48-74-81(85(64)94)67-27-9-15-30-71(67)89(74,5)6)91-86(90-75)53-36-41-57(42-37-53)93-77-32-17-11-23-60(77)63-44-47-73-80(84(63)93)66-26-8-14-29-70(66)88(73,3)4/h7-51H,1-6H3. The maximum atomic E-state index is 5.74. The van der Waals surface area contributed by atoms with Crippen molar-refractivity contribution in [3.63, 3.8) is 0 Å². The molecular weight excluding hydrogens is 1140 g/mol. The SMILES string of the molecule is CC1(C)c2ccccc2-c2c1ccc1c3ccccc3n(-c3ccc(-c4ccc5nc(-c6ccc(-n7c8ccccc8c8ccc9c(c87)-c7ccccc7C9(C)C)cc6)nc(-c6cccc(-n7c8ccccc8c8ccc9c(c87)-c7ccccc7C9(C)C)c6)c5c4)cc3)c21. The van der Waals surface area contributed by atoms with E-state index < -0.39 is 0 Å². The van der Waals surface area contributed by atoms with Gasteiger partial charge in [-0.3, -0.25) is 0 Å². The molecule has 0 saturated heterocycles. The van der Waals surface area contributed by atoms with Gasteiger partial charge in [-0.2, -0.15) is 0 Å². The molecule has 0 aliphatic heterocycles. The van der Waals surface area contributed by atoms with E-state index in [2.05, 4.69) is 328 Å². The van der Waals surface area contributed by atoms with Gasteiger partial charge in [0.2, 0.25) is 0 Å². The smallest absolute Gasteiger partial charge is 0.160 e. The fourth-order valence-electron chi connectivity index (χ4n) is 17.5. The molecule has 3 aliphatic carbocycles. The highest BCUT2D eigenvalue weighted by Crippen LogP contribution is 2.57. The van der Waals surface area contributed by atoms with Gasteiger partial charge in [0.25, 0.3) is 0 Å². The summed E-state index contributed by atoms with van der Waals surface area (Å²) >= 11 is 0. The van der Waals surface area contributed by atoms with E-state index in [1.807, 2.05) is 0 Å². The third-order valence-electron chi connectivity index (χ3n) is 22.1. The third kappa shape index (κ3) is 7.08.